The third kappa shape index (κ3) is 4.79. The Labute approximate surface area is 160 Å². The van der Waals surface area contributed by atoms with E-state index in [1.165, 1.54) is 11.8 Å². The number of methoxy groups -OCH3 is 1. The predicted octanol–water partition coefficient (Wildman–Crippen LogP) is 3.48. The first-order valence-corrected chi connectivity index (χ1v) is 9.31. The largest absolute Gasteiger partial charge is 0.497 e. The van der Waals surface area contributed by atoms with Gasteiger partial charge in [0.25, 0.3) is 0 Å². The number of benzene rings is 2. The zero-order valence-corrected chi connectivity index (χ0v) is 15.8. The molecule has 0 unspecified atom stereocenters. The second kappa shape index (κ2) is 8.59. The molecule has 3 rings (SSSR count). The third-order valence-electron chi connectivity index (χ3n) is 3.66. The SMILES string of the molecule is CCOC(=O)c1cccc(NC(=O)CSc2nc3ccc(OC)cc3[nH]2)c1. The molecule has 1 amide bonds. The van der Waals surface area contributed by atoms with Crippen molar-refractivity contribution in [1.29, 1.82) is 0 Å². The number of thioether (sulfide) groups is 1. The van der Waals surface area contributed by atoms with Crippen molar-refractivity contribution in [2.45, 2.75) is 12.1 Å². The second-order valence-corrected chi connectivity index (χ2v) is 6.53. The van der Waals surface area contributed by atoms with Crippen LogP contribution in [0.15, 0.2) is 47.6 Å². The number of carbonyl (C=O) groups excluding carboxylic acids is 2. The Balaban J connectivity index is 1.60. The summed E-state index contributed by atoms with van der Waals surface area (Å²) in [5, 5.41) is 3.42. The van der Waals surface area contributed by atoms with Crippen molar-refractivity contribution in [3.63, 3.8) is 0 Å². The summed E-state index contributed by atoms with van der Waals surface area (Å²) in [4.78, 5) is 31.6. The Bertz CT molecular complexity index is 970. The number of nitrogens with zero attached hydrogens (tertiary/aromatic N) is 1. The molecule has 0 saturated carbocycles. The number of amides is 1. The van der Waals surface area contributed by atoms with Crippen molar-refractivity contribution in [2.24, 2.45) is 0 Å². The van der Waals surface area contributed by atoms with Crippen LogP contribution in [0.1, 0.15) is 17.3 Å². The van der Waals surface area contributed by atoms with Gasteiger partial charge in [0.05, 0.1) is 36.1 Å². The molecule has 27 heavy (non-hydrogen) atoms. The lowest BCUT2D eigenvalue weighted by Crippen LogP contribution is -2.14. The van der Waals surface area contributed by atoms with Gasteiger partial charge in [-0.3, -0.25) is 4.79 Å². The summed E-state index contributed by atoms with van der Waals surface area (Å²) in [6.45, 7) is 2.05. The maximum atomic E-state index is 12.2. The third-order valence-corrected chi connectivity index (χ3v) is 4.54. The lowest BCUT2D eigenvalue weighted by Gasteiger charge is -2.06. The molecule has 7 nitrogen and oxygen atoms in total. The van der Waals surface area contributed by atoms with E-state index >= 15 is 0 Å². The molecule has 1 aromatic heterocycles. The van der Waals surface area contributed by atoms with Crippen molar-refractivity contribution in [1.82, 2.24) is 9.97 Å². The van der Waals surface area contributed by atoms with E-state index < -0.39 is 5.97 Å². The second-order valence-electron chi connectivity index (χ2n) is 5.56. The molecule has 0 spiro atoms. The van der Waals surface area contributed by atoms with Gasteiger partial charge in [0.2, 0.25) is 5.91 Å². The van der Waals surface area contributed by atoms with Crippen molar-refractivity contribution in [3.8, 4) is 5.75 Å². The topological polar surface area (TPSA) is 93.3 Å². The highest BCUT2D eigenvalue weighted by Gasteiger charge is 2.10. The maximum absolute atomic E-state index is 12.2. The first-order chi connectivity index (χ1) is 13.1. The van der Waals surface area contributed by atoms with Crippen LogP contribution in [0.25, 0.3) is 11.0 Å². The Morgan fingerprint density at radius 1 is 1.22 bits per heavy atom. The minimum atomic E-state index is -0.416. The highest BCUT2D eigenvalue weighted by molar-refractivity contribution is 7.99. The van der Waals surface area contributed by atoms with Gasteiger partial charge < -0.3 is 19.8 Å². The van der Waals surface area contributed by atoms with E-state index in [1.54, 1.807) is 38.3 Å². The van der Waals surface area contributed by atoms with Gasteiger partial charge in [-0.15, -0.1) is 0 Å². The number of H-pyrrole nitrogens is 1. The molecular weight excluding hydrogens is 366 g/mol. The number of ether oxygens (including phenoxy) is 2. The van der Waals surface area contributed by atoms with Crippen LogP contribution in [0.2, 0.25) is 0 Å². The summed E-state index contributed by atoms with van der Waals surface area (Å²) >= 11 is 1.29. The normalized spacial score (nSPS) is 10.6. The number of nitrogens with one attached hydrogen (secondary N) is 2. The summed E-state index contributed by atoms with van der Waals surface area (Å²) in [6.07, 6.45) is 0. The van der Waals surface area contributed by atoms with Gasteiger partial charge in [0.1, 0.15) is 5.75 Å². The molecule has 0 saturated heterocycles. The number of fused-ring (bicyclic) bond motifs is 1. The molecule has 3 aromatic rings. The van der Waals surface area contributed by atoms with Crippen LogP contribution in [-0.2, 0) is 9.53 Å². The van der Waals surface area contributed by atoms with Crippen LogP contribution >= 0.6 is 11.8 Å². The van der Waals surface area contributed by atoms with Crippen LogP contribution in [0, 0.1) is 0 Å². The van der Waals surface area contributed by atoms with Crippen LogP contribution < -0.4 is 10.1 Å². The van der Waals surface area contributed by atoms with E-state index in [0.717, 1.165) is 16.8 Å². The molecule has 0 aliphatic heterocycles. The highest BCUT2D eigenvalue weighted by atomic mass is 32.2. The van der Waals surface area contributed by atoms with Crippen LogP contribution in [0.5, 0.6) is 5.75 Å². The Kier molecular flexibility index (Phi) is 5.97. The Morgan fingerprint density at radius 2 is 2.07 bits per heavy atom. The lowest BCUT2D eigenvalue weighted by molar-refractivity contribution is -0.113. The van der Waals surface area contributed by atoms with Crippen LogP contribution in [-0.4, -0.2) is 41.3 Å². The van der Waals surface area contributed by atoms with Gasteiger partial charge in [-0.1, -0.05) is 17.8 Å². The number of aromatic amines is 1. The van der Waals surface area contributed by atoms with Gasteiger partial charge in [-0.05, 0) is 37.3 Å². The van der Waals surface area contributed by atoms with E-state index in [1.807, 2.05) is 18.2 Å². The molecule has 0 fully saturated rings. The van der Waals surface area contributed by atoms with E-state index in [4.69, 9.17) is 9.47 Å². The maximum Gasteiger partial charge on any atom is 0.338 e. The number of rotatable bonds is 7. The van der Waals surface area contributed by atoms with Crippen molar-refractivity contribution >= 4 is 40.4 Å². The van der Waals surface area contributed by atoms with Crippen molar-refractivity contribution < 1.29 is 19.1 Å². The van der Waals surface area contributed by atoms with Gasteiger partial charge in [-0.2, -0.15) is 0 Å². The first-order valence-electron chi connectivity index (χ1n) is 8.32. The molecule has 0 radical (unpaired) electrons. The summed E-state index contributed by atoms with van der Waals surface area (Å²) in [6, 6.07) is 12.2. The van der Waals surface area contributed by atoms with E-state index in [0.29, 0.717) is 23.0 Å². The molecular formula is C19H19N3O4S. The van der Waals surface area contributed by atoms with Crippen molar-refractivity contribution in [3.05, 3.63) is 48.0 Å². The number of esters is 1. The minimum absolute atomic E-state index is 0.181. The van der Waals surface area contributed by atoms with Gasteiger partial charge in [0, 0.05) is 11.8 Å². The smallest absolute Gasteiger partial charge is 0.338 e. The van der Waals surface area contributed by atoms with Crippen LogP contribution in [0.3, 0.4) is 0 Å². The lowest BCUT2D eigenvalue weighted by atomic mass is 10.2. The van der Waals surface area contributed by atoms with Crippen LogP contribution in [0.4, 0.5) is 5.69 Å². The Hall–Kier alpha value is -3.00. The summed E-state index contributed by atoms with van der Waals surface area (Å²) in [7, 11) is 1.61. The first kappa shape index (κ1) is 18.8. The average Bonchev–Trinajstić information content (AvgIpc) is 3.08. The van der Waals surface area contributed by atoms with E-state index in [-0.39, 0.29) is 11.7 Å². The fourth-order valence-corrected chi connectivity index (χ4v) is 3.11. The zero-order chi connectivity index (χ0) is 19.2. The number of carbonyl (C=O) groups is 2. The molecule has 0 atom stereocenters. The molecule has 140 valence electrons. The zero-order valence-electron chi connectivity index (χ0n) is 14.9. The molecule has 0 aliphatic rings. The van der Waals surface area contributed by atoms with Gasteiger partial charge in [0.15, 0.2) is 5.16 Å². The number of aromatic nitrogens is 2. The number of hydrogen-bond donors (Lipinski definition) is 2. The number of hydrogen-bond acceptors (Lipinski definition) is 6. The van der Waals surface area contributed by atoms with Crippen molar-refractivity contribution in [2.75, 3.05) is 24.8 Å². The minimum Gasteiger partial charge on any atom is -0.497 e. The summed E-state index contributed by atoms with van der Waals surface area (Å²) in [5.41, 5.74) is 2.59. The quantitative estimate of drug-likeness (QED) is 0.478. The molecule has 2 aromatic carbocycles. The fourth-order valence-electron chi connectivity index (χ4n) is 2.43. The molecule has 0 bridgehead atoms. The van der Waals surface area contributed by atoms with E-state index in [9.17, 15) is 9.59 Å². The van der Waals surface area contributed by atoms with Gasteiger partial charge in [-0.25, -0.2) is 9.78 Å². The molecule has 0 aliphatic carbocycles. The summed E-state index contributed by atoms with van der Waals surface area (Å²) < 4.78 is 10.1. The van der Waals surface area contributed by atoms with Gasteiger partial charge >= 0.3 is 5.97 Å². The van der Waals surface area contributed by atoms with E-state index in [2.05, 4.69) is 15.3 Å². The molecule has 8 heteroatoms. The monoisotopic (exact) mass is 385 g/mol. The predicted molar refractivity (Wildman–Crippen MR) is 104 cm³/mol. The number of anilines is 1. The highest BCUT2D eigenvalue weighted by Crippen LogP contribution is 2.23. The molecule has 2 N–H and O–H groups in total. The fraction of sp³-hybridized carbons (Fsp3) is 0.211. The molecule has 1 heterocycles. The summed E-state index contributed by atoms with van der Waals surface area (Å²) in [5.74, 6) is 0.308. The average molecular weight is 385 g/mol. The number of imidazole rings is 1. The Morgan fingerprint density at radius 3 is 2.85 bits per heavy atom. The standard InChI is InChI=1S/C19H19N3O4S/c1-3-26-18(24)12-5-4-6-13(9-12)20-17(23)11-27-19-21-15-8-7-14(25-2)10-16(15)22-19/h4-10H,3,11H2,1-2H3,(H,20,23)(H,21,22).